The molecule has 104 valence electrons. The number of furan rings is 1. The summed E-state index contributed by atoms with van der Waals surface area (Å²) in [5.41, 5.74) is 2.31. The molecule has 0 spiro atoms. The maximum atomic E-state index is 12.1. The quantitative estimate of drug-likeness (QED) is 0.836. The van der Waals surface area contributed by atoms with Gasteiger partial charge in [0.1, 0.15) is 5.58 Å². The predicted octanol–water partition coefficient (Wildman–Crippen LogP) is 4.25. The van der Waals surface area contributed by atoms with Gasteiger partial charge in [-0.25, -0.2) is 0 Å². The fourth-order valence-corrected chi connectivity index (χ4v) is 2.05. The van der Waals surface area contributed by atoms with Gasteiger partial charge in [-0.2, -0.15) is 0 Å². The van der Waals surface area contributed by atoms with Gasteiger partial charge in [0.25, 0.3) is 5.91 Å². The van der Waals surface area contributed by atoms with E-state index < -0.39 is 0 Å². The van der Waals surface area contributed by atoms with E-state index in [2.05, 4.69) is 11.9 Å². The molecule has 1 amide bonds. The van der Waals surface area contributed by atoms with E-state index in [0.717, 1.165) is 17.4 Å². The summed E-state index contributed by atoms with van der Waals surface area (Å²) in [5.74, 6) is -0.136. The Morgan fingerprint density at radius 3 is 2.95 bits per heavy atom. The van der Waals surface area contributed by atoms with Gasteiger partial charge in [0, 0.05) is 22.5 Å². The third kappa shape index (κ3) is 3.52. The van der Waals surface area contributed by atoms with Crippen LogP contribution in [0.1, 0.15) is 23.7 Å². The SMILES string of the molecule is C=C(Cl)/C=C(\CC)CNC(=O)c1ccc2ccoc2c1. The molecular weight excluding hydrogens is 274 g/mol. The maximum absolute atomic E-state index is 12.1. The normalized spacial score (nSPS) is 11.6. The van der Waals surface area contributed by atoms with Crippen LogP contribution in [0.4, 0.5) is 0 Å². The third-order valence-corrected chi connectivity index (χ3v) is 3.12. The number of fused-ring (bicyclic) bond motifs is 1. The molecule has 0 aliphatic heterocycles. The molecule has 0 aliphatic carbocycles. The summed E-state index contributed by atoms with van der Waals surface area (Å²) in [6.07, 6.45) is 4.19. The smallest absolute Gasteiger partial charge is 0.251 e. The van der Waals surface area contributed by atoms with Crippen molar-refractivity contribution < 1.29 is 9.21 Å². The van der Waals surface area contributed by atoms with E-state index in [1.807, 2.05) is 19.1 Å². The number of benzene rings is 1. The fraction of sp³-hybridized carbons (Fsp3) is 0.188. The summed E-state index contributed by atoms with van der Waals surface area (Å²) in [5, 5.41) is 4.31. The van der Waals surface area contributed by atoms with Crippen LogP contribution in [0.5, 0.6) is 0 Å². The molecule has 4 heteroatoms. The van der Waals surface area contributed by atoms with Gasteiger partial charge in [-0.15, -0.1) is 0 Å². The number of rotatable bonds is 5. The van der Waals surface area contributed by atoms with Crippen LogP contribution in [0.2, 0.25) is 0 Å². The predicted molar refractivity (Wildman–Crippen MR) is 81.9 cm³/mol. The second-order valence-electron chi connectivity index (χ2n) is 4.46. The highest BCUT2D eigenvalue weighted by molar-refractivity contribution is 6.30. The number of halogens is 1. The van der Waals surface area contributed by atoms with E-state index in [9.17, 15) is 4.79 Å². The molecule has 2 rings (SSSR count). The molecular formula is C16H16ClNO2. The average Bonchev–Trinajstić information content (AvgIpc) is 2.89. The number of allylic oxidation sites excluding steroid dienone is 2. The van der Waals surface area contributed by atoms with Crippen LogP contribution in [0.3, 0.4) is 0 Å². The van der Waals surface area contributed by atoms with Crippen molar-refractivity contribution in [3.63, 3.8) is 0 Å². The van der Waals surface area contributed by atoms with Gasteiger partial charge < -0.3 is 9.73 Å². The molecule has 1 N–H and O–H groups in total. The molecule has 0 radical (unpaired) electrons. The van der Waals surface area contributed by atoms with Crippen LogP contribution in [0.15, 0.2) is 58.2 Å². The lowest BCUT2D eigenvalue weighted by Gasteiger charge is -2.07. The lowest BCUT2D eigenvalue weighted by Crippen LogP contribution is -2.25. The van der Waals surface area contributed by atoms with Crippen LogP contribution < -0.4 is 5.32 Å². The highest BCUT2D eigenvalue weighted by Gasteiger charge is 2.08. The summed E-state index contributed by atoms with van der Waals surface area (Å²) in [6.45, 7) is 6.08. The Kier molecular flexibility index (Phi) is 4.64. The van der Waals surface area contributed by atoms with Crippen molar-refractivity contribution >= 4 is 28.5 Å². The minimum Gasteiger partial charge on any atom is -0.464 e. The number of hydrogen-bond acceptors (Lipinski definition) is 2. The molecule has 0 atom stereocenters. The monoisotopic (exact) mass is 289 g/mol. The van der Waals surface area contributed by atoms with E-state index in [1.54, 1.807) is 24.5 Å². The lowest BCUT2D eigenvalue weighted by molar-refractivity contribution is 0.0957. The van der Waals surface area contributed by atoms with Crippen molar-refractivity contribution in [1.82, 2.24) is 5.32 Å². The zero-order chi connectivity index (χ0) is 14.5. The van der Waals surface area contributed by atoms with Crippen LogP contribution in [-0.4, -0.2) is 12.5 Å². The zero-order valence-electron chi connectivity index (χ0n) is 11.3. The van der Waals surface area contributed by atoms with Crippen LogP contribution >= 0.6 is 11.6 Å². The van der Waals surface area contributed by atoms with E-state index in [4.69, 9.17) is 16.0 Å². The second-order valence-corrected chi connectivity index (χ2v) is 4.94. The van der Waals surface area contributed by atoms with Crippen molar-refractivity contribution in [1.29, 1.82) is 0 Å². The van der Waals surface area contributed by atoms with Crippen molar-refractivity contribution in [2.75, 3.05) is 6.54 Å². The molecule has 3 nitrogen and oxygen atoms in total. The number of carbonyl (C=O) groups excluding carboxylic acids is 1. The zero-order valence-corrected chi connectivity index (χ0v) is 12.0. The summed E-state index contributed by atoms with van der Waals surface area (Å²) in [4.78, 5) is 12.1. The number of carbonyl (C=O) groups is 1. The van der Waals surface area contributed by atoms with Crippen molar-refractivity contribution in [3.05, 3.63) is 59.4 Å². The Morgan fingerprint density at radius 2 is 2.25 bits per heavy atom. The molecule has 1 aromatic carbocycles. The van der Waals surface area contributed by atoms with Crippen molar-refractivity contribution in [2.45, 2.75) is 13.3 Å². The molecule has 0 saturated carbocycles. The summed E-state index contributed by atoms with van der Waals surface area (Å²) < 4.78 is 5.29. The van der Waals surface area contributed by atoms with Crippen molar-refractivity contribution in [2.24, 2.45) is 0 Å². The first kappa shape index (κ1) is 14.4. The van der Waals surface area contributed by atoms with Gasteiger partial charge in [0.15, 0.2) is 0 Å². The van der Waals surface area contributed by atoms with E-state index >= 15 is 0 Å². The number of amides is 1. The summed E-state index contributed by atoms with van der Waals surface area (Å²) in [6, 6.07) is 7.25. The van der Waals surface area contributed by atoms with Crippen LogP contribution in [0.25, 0.3) is 11.0 Å². The maximum Gasteiger partial charge on any atom is 0.251 e. The van der Waals surface area contributed by atoms with E-state index in [1.165, 1.54) is 0 Å². The van der Waals surface area contributed by atoms with Gasteiger partial charge in [-0.1, -0.05) is 31.2 Å². The minimum atomic E-state index is -0.136. The molecule has 20 heavy (non-hydrogen) atoms. The standard InChI is InChI=1S/C16H16ClNO2/c1-3-12(8-11(2)17)10-18-16(19)14-5-4-13-6-7-20-15(13)9-14/h4-9H,2-3,10H2,1H3,(H,18,19)/b12-8+. The molecule has 1 aromatic heterocycles. The highest BCUT2D eigenvalue weighted by Crippen LogP contribution is 2.17. The van der Waals surface area contributed by atoms with Crippen LogP contribution in [-0.2, 0) is 0 Å². The van der Waals surface area contributed by atoms with E-state index in [0.29, 0.717) is 22.7 Å². The van der Waals surface area contributed by atoms with Crippen molar-refractivity contribution in [3.8, 4) is 0 Å². The third-order valence-electron chi connectivity index (χ3n) is 3.01. The molecule has 0 aliphatic rings. The first-order valence-electron chi connectivity index (χ1n) is 6.39. The topological polar surface area (TPSA) is 42.2 Å². The number of nitrogens with one attached hydrogen (secondary N) is 1. The Morgan fingerprint density at radius 1 is 1.45 bits per heavy atom. The Balaban J connectivity index is 2.06. The molecule has 0 unspecified atom stereocenters. The summed E-state index contributed by atoms with van der Waals surface area (Å²) in [7, 11) is 0. The molecule has 0 bridgehead atoms. The fourth-order valence-electron chi connectivity index (χ4n) is 1.89. The van der Waals surface area contributed by atoms with Gasteiger partial charge in [-0.3, -0.25) is 4.79 Å². The van der Waals surface area contributed by atoms with Gasteiger partial charge in [0.2, 0.25) is 0 Å². The molecule has 2 aromatic rings. The molecule has 1 heterocycles. The Bertz CT molecular complexity index is 670. The van der Waals surface area contributed by atoms with E-state index in [-0.39, 0.29) is 5.91 Å². The second kappa shape index (κ2) is 6.44. The lowest BCUT2D eigenvalue weighted by atomic mass is 10.1. The Labute approximate surface area is 122 Å². The summed E-state index contributed by atoms with van der Waals surface area (Å²) >= 11 is 5.74. The first-order valence-corrected chi connectivity index (χ1v) is 6.77. The van der Waals surface area contributed by atoms with Gasteiger partial charge in [0.05, 0.1) is 6.26 Å². The Hall–Kier alpha value is -2.00. The van der Waals surface area contributed by atoms with Crippen LogP contribution in [0, 0.1) is 0 Å². The molecule has 0 fully saturated rings. The van der Waals surface area contributed by atoms with Gasteiger partial charge >= 0.3 is 0 Å². The highest BCUT2D eigenvalue weighted by atomic mass is 35.5. The van der Waals surface area contributed by atoms with Gasteiger partial charge in [-0.05, 0) is 36.3 Å². The molecule has 0 saturated heterocycles. The largest absolute Gasteiger partial charge is 0.464 e. The minimum absolute atomic E-state index is 0.136. The first-order chi connectivity index (χ1) is 9.60. The number of hydrogen-bond donors (Lipinski definition) is 1. The average molecular weight is 290 g/mol.